The van der Waals surface area contributed by atoms with Gasteiger partial charge in [-0.05, 0) is 12.5 Å². The first-order valence-electron chi connectivity index (χ1n) is 6.13. The number of carboxylic acids is 1. The van der Waals surface area contributed by atoms with Gasteiger partial charge in [0.15, 0.2) is 0 Å². The number of rotatable bonds is 6. The summed E-state index contributed by atoms with van der Waals surface area (Å²) in [6, 6.07) is 2.35. The molecule has 1 rings (SSSR count). The normalized spacial score (nSPS) is 11.9. The van der Waals surface area contributed by atoms with Gasteiger partial charge in [0, 0.05) is 30.9 Å². The van der Waals surface area contributed by atoms with E-state index in [0.29, 0.717) is 6.42 Å². The monoisotopic (exact) mass is 266 g/mol. The van der Waals surface area contributed by atoms with Crippen LogP contribution in [0.3, 0.4) is 0 Å². The molecule has 0 aliphatic heterocycles. The number of carboxylic acid groups (broad SMARTS) is 1. The molecule has 1 heterocycles. The Balaban J connectivity index is 2.78. The van der Waals surface area contributed by atoms with E-state index < -0.39 is 17.9 Å². The molecule has 2 N–H and O–H groups in total. The van der Waals surface area contributed by atoms with Crippen LogP contribution in [0, 0.1) is 0 Å². The molecule has 1 amide bonds. The second-order valence-corrected chi connectivity index (χ2v) is 4.42. The Bertz CT molecular complexity index is 522. The lowest BCUT2D eigenvalue weighted by Crippen LogP contribution is -2.37. The number of hydrogen-bond acceptors (Lipinski definition) is 3. The van der Waals surface area contributed by atoms with Crippen LogP contribution in [-0.4, -0.2) is 27.6 Å². The van der Waals surface area contributed by atoms with E-state index in [9.17, 15) is 14.4 Å². The number of amides is 1. The lowest BCUT2D eigenvalue weighted by atomic mass is 10.1. The quantitative estimate of drug-likeness (QED) is 0.795. The third kappa shape index (κ3) is 4.57. The Hall–Kier alpha value is -2.11. The molecule has 0 saturated carbocycles. The van der Waals surface area contributed by atoms with Gasteiger partial charge < -0.3 is 15.0 Å². The minimum atomic E-state index is -0.956. The van der Waals surface area contributed by atoms with Gasteiger partial charge in [0.2, 0.25) is 0 Å². The Morgan fingerprint density at radius 2 is 2.16 bits per heavy atom. The van der Waals surface area contributed by atoms with Crippen molar-refractivity contribution in [1.29, 1.82) is 0 Å². The number of hydrogen-bond donors (Lipinski definition) is 2. The smallest absolute Gasteiger partial charge is 0.305 e. The number of carbonyl (C=O) groups is 2. The summed E-state index contributed by atoms with van der Waals surface area (Å²) in [7, 11) is 1.59. The van der Waals surface area contributed by atoms with Gasteiger partial charge in [-0.25, -0.2) is 0 Å². The van der Waals surface area contributed by atoms with Gasteiger partial charge in [0.1, 0.15) is 0 Å². The van der Waals surface area contributed by atoms with Crippen LogP contribution in [0.4, 0.5) is 0 Å². The lowest BCUT2D eigenvalue weighted by molar-refractivity contribution is -0.137. The van der Waals surface area contributed by atoms with E-state index in [0.717, 1.165) is 6.42 Å². The zero-order valence-electron chi connectivity index (χ0n) is 11.0. The molecule has 1 aromatic heterocycles. The van der Waals surface area contributed by atoms with E-state index in [1.165, 1.54) is 22.9 Å². The highest BCUT2D eigenvalue weighted by Crippen LogP contribution is 2.04. The number of aryl methyl sites for hydroxylation is 1. The van der Waals surface area contributed by atoms with E-state index in [-0.39, 0.29) is 17.5 Å². The zero-order valence-corrected chi connectivity index (χ0v) is 11.0. The van der Waals surface area contributed by atoms with Crippen LogP contribution >= 0.6 is 0 Å². The van der Waals surface area contributed by atoms with Crippen LogP contribution in [0.15, 0.2) is 23.1 Å². The van der Waals surface area contributed by atoms with Crippen LogP contribution in [0.2, 0.25) is 0 Å². The molecule has 0 bridgehead atoms. The van der Waals surface area contributed by atoms with Gasteiger partial charge in [-0.1, -0.05) is 13.3 Å². The molecule has 0 radical (unpaired) electrons. The summed E-state index contributed by atoms with van der Waals surface area (Å²) in [6.07, 6.45) is 2.74. The minimum absolute atomic E-state index is 0.121. The summed E-state index contributed by atoms with van der Waals surface area (Å²) in [6.45, 7) is 1.92. The molecule has 6 heteroatoms. The maximum atomic E-state index is 11.9. The average molecular weight is 266 g/mol. The third-order valence-corrected chi connectivity index (χ3v) is 2.76. The molecule has 1 aromatic rings. The Morgan fingerprint density at radius 3 is 2.68 bits per heavy atom. The molecule has 0 aliphatic carbocycles. The summed E-state index contributed by atoms with van der Waals surface area (Å²) < 4.78 is 1.36. The predicted molar refractivity (Wildman–Crippen MR) is 70.1 cm³/mol. The number of aliphatic carboxylic acids is 1. The molecular weight excluding hydrogens is 248 g/mol. The number of aromatic nitrogens is 1. The number of nitrogens with zero attached hydrogens (tertiary/aromatic N) is 1. The first-order chi connectivity index (χ1) is 8.93. The van der Waals surface area contributed by atoms with Crippen molar-refractivity contribution in [2.24, 2.45) is 7.05 Å². The van der Waals surface area contributed by atoms with Gasteiger partial charge in [0.25, 0.3) is 11.5 Å². The molecule has 0 fully saturated rings. The Kier molecular flexibility index (Phi) is 5.29. The summed E-state index contributed by atoms with van der Waals surface area (Å²) in [4.78, 5) is 34.0. The van der Waals surface area contributed by atoms with Gasteiger partial charge in [-0.3, -0.25) is 14.4 Å². The van der Waals surface area contributed by atoms with Gasteiger partial charge in [-0.2, -0.15) is 0 Å². The predicted octanol–water partition coefficient (Wildman–Crippen LogP) is 0.758. The highest BCUT2D eigenvalue weighted by atomic mass is 16.4. The topological polar surface area (TPSA) is 88.4 Å². The maximum Gasteiger partial charge on any atom is 0.305 e. The van der Waals surface area contributed by atoms with Crippen molar-refractivity contribution in [1.82, 2.24) is 9.88 Å². The maximum absolute atomic E-state index is 11.9. The van der Waals surface area contributed by atoms with E-state index in [4.69, 9.17) is 5.11 Å². The fourth-order valence-electron chi connectivity index (χ4n) is 1.74. The zero-order chi connectivity index (χ0) is 14.4. The highest BCUT2D eigenvalue weighted by Gasteiger charge is 2.16. The molecule has 104 valence electrons. The van der Waals surface area contributed by atoms with E-state index in [2.05, 4.69) is 5.32 Å². The highest BCUT2D eigenvalue weighted by molar-refractivity contribution is 5.94. The summed E-state index contributed by atoms with van der Waals surface area (Å²) >= 11 is 0. The lowest BCUT2D eigenvalue weighted by Gasteiger charge is -2.16. The van der Waals surface area contributed by atoms with Gasteiger partial charge in [0.05, 0.1) is 6.42 Å². The summed E-state index contributed by atoms with van der Waals surface area (Å²) in [5.41, 5.74) is -0.0347. The minimum Gasteiger partial charge on any atom is -0.481 e. The average Bonchev–Trinajstić information content (AvgIpc) is 2.32. The molecule has 0 saturated heterocycles. The van der Waals surface area contributed by atoms with Crippen molar-refractivity contribution < 1.29 is 14.7 Å². The van der Waals surface area contributed by atoms with E-state index in [1.807, 2.05) is 6.92 Å². The number of nitrogens with one attached hydrogen (secondary N) is 1. The number of pyridine rings is 1. The first-order valence-corrected chi connectivity index (χ1v) is 6.13. The second-order valence-electron chi connectivity index (χ2n) is 4.42. The Labute approximate surface area is 111 Å². The molecule has 19 heavy (non-hydrogen) atoms. The van der Waals surface area contributed by atoms with Crippen LogP contribution in [0.1, 0.15) is 36.5 Å². The number of carbonyl (C=O) groups excluding carboxylic acids is 1. The van der Waals surface area contributed by atoms with Crippen molar-refractivity contribution in [3.05, 3.63) is 34.2 Å². The van der Waals surface area contributed by atoms with Gasteiger partial charge >= 0.3 is 5.97 Å². The van der Waals surface area contributed by atoms with Crippen molar-refractivity contribution in [2.45, 2.75) is 32.2 Å². The van der Waals surface area contributed by atoms with Crippen molar-refractivity contribution in [3.63, 3.8) is 0 Å². The van der Waals surface area contributed by atoms with Crippen molar-refractivity contribution >= 4 is 11.9 Å². The van der Waals surface area contributed by atoms with E-state index in [1.54, 1.807) is 7.05 Å². The first kappa shape index (κ1) is 14.9. The largest absolute Gasteiger partial charge is 0.481 e. The summed E-state index contributed by atoms with van der Waals surface area (Å²) in [5.74, 6) is -1.37. The van der Waals surface area contributed by atoms with E-state index >= 15 is 0 Å². The van der Waals surface area contributed by atoms with Crippen molar-refractivity contribution in [3.8, 4) is 0 Å². The van der Waals surface area contributed by atoms with Crippen LogP contribution in [0.25, 0.3) is 0 Å². The molecular formula is C13H18N2O4. The molecule has 6 nitrogen and oxygen atoms in total. The summed E-state index contributed by atoms with van der Waals surface area (Å²) in [5, 5.41) is 11.4. The van der Waals surface area contributed by atoms with Crippen LogP contribution < -0.4 is 10.9 Å². The third-order valence-electron chi connectivity index (χ3n) is 2.76. The molecule has 0 aliphatic rings. The van der Waals surface area contributed by atoms with Crippen LogP contribution in [-0.2, 0) is 11.8 Å². The SMILES string of the molecule is CCCC(CC(=O)O)NC(=O)c1ccn(C)c(=O)c1. The molecule has 1 unspecified atom stereocenters. The van der Waals surface area contributed by atoms with Gasteiger partial charge in [-0.15, -0.1) is 0 Å². The van der Waals surface area contributed by atoms with Crippen molar-refractivity contribution in [2.75, 3.05) is 0 Å². The molecule has 0 spiro atoms. The van der Waals surface area contributed by atoms with Crippen LogP contribution in [0.5, 0.6) is 0 Å². The molecule has 0 aromatic carbocycles. The molecule has 1 atom stereocenters. The fraction of sp³-hybridized carbons (Fsp3) is 0.462. The Morgan fingerprint density at radius 1 is 1.47 bits per heavy atom. The fourth-order valence-corrected chi connectivity index (χ4v) is 1.74. The second kappa shape index (κ2) is 6.72. The standard InChI is InChI=1S/C13H18N2O4/c1-3-4-10(8-12(17)18)14-13(19)9-5-6-15(2)11(16)7-9/h5-7,10H,3-4,8H2,1-2H3,(H,14,19)(H,17,18).